The number of halogens is 2. The molecule has 0 radical (unpaired) electrons. The lowest BCUT2D eigenvalue weighted by molar-refractivity contribution is 0.178. The Kier molecular flexibility index (Phi) is 3.27. The van der Waals surface area contributed by atoms with Gasteiger partial charge in [0.05, 0.1) is 23.7 Å². The minimum atomic E-state index is -0.760. The molecule has 1 unspecified atom stereocenters. The fourth-order valence-corrected chi connectivity index (χ4v) is 1.59. The molecule has 16 heavy (non-hydrogen) atoms. The third kappa shape index (κ3) is 2.43. The van der Waals surface area contributed by atoms with Crippen LogP contribution < -0.4 is 0 Å². The molecule has 0 spiro atoms. The van der Waals surface area contributed by atoms with Gasteiger partial charge in [-0.05, 0) is 29.3 Å². The summed E-state index contributed by atoms with van der Waals surface area (Å²) in [6.45, 7) is 0. The lowest BCUT2D eigenvalue weighted by Gasteiger charge is -2.10. The van der Waals surface area contributed by atoms with Crippen molar-refractivity contribution in [1.82, 2.24) is 0 Å². The molecule has 0 bridgehead atoms. The summed E-state index contributed by atoms with van der Waals surface area (Å²) in [6.07, 6.45) is 2.71. The van der Waals surface area contributed by atoms with E-state index in [9.17, 15) is 9.50 Å². The van der Waals surface area contributed by atoms with Crippen molar-refractivity contribution in [3.8, 4) is 0 Å². The molecule has 4 heteroatoms. The number of rotatable bonds is 3. The molecule has 2 rings (SSSR count). The highest BCUT2D eigenvalue weighted by molar-refractivity contribution is 6.30. The molecule has 1 atom stereocenters. The number of benzene rings is 1. The molecule has 0 saturated carbocycles. The van der Waals surface area contributed by atoms with E-state index in [4.69, 9.17) is 16.0 Å². The van der Waals surface area contributed by atoms with Crippen LogP contribution in [0.4, 0.5) is 4.39 Å². The predicted octanol–water partition coefficient (Wildman–Crippen LogP) is 3.35. The van der Waals surface area contributed by atoms with Crippen molar-refractivity contribution in [3.63, 3.8) is 0 Å². The highest BCUT2D eigenvalue weighted by atomic mass is 35.5. The van der Waals surface area contributed by atoms with Gasteiger partial charge in [-0.3, -0.25) is 0 Å². The van der Waals surface area contributed by atoms with Crippen LogP contribution in [0.15, 0.2) is 41.2 Å². The van der Waals surface area contributed by atoms with Gasteiger partial charge in [-0.1, -0.05) is 17.7 Å². The summed E-state index contributed by atoms with van der Waals surface area (Å²) in [5.41, 5.74) is 1.37. The highest BCUT2D eigenvalue weighted by Crippen LogP contribution is 2.22. The maximum absolute atomic E-state index is 13.2. The number of aliphatic hydroxyl groups excluding tert-OH is 1. The molecule has 0 aliphatic carbocycles. The zero-order valence-electron chi connectivity index (χ0n) is 8.36. The largest absolute Gasteiger partial charge is 0.472 e. The Morgan fingerprint density at radius 2 is 2.19 bits per heavy atom. The van der Waals surface area contributed by atoms with E-state index in [1.807, 2.05) is 0 Å². The van der Waals surface area contributed by atoms with Crippen molar-refractivity contribution >= 4 is 11.6 Å². The van der Waals surface area contributed by atoms with Crippen LogP contribution >= 0.6 is 11.6 Å². The number of furan rings is 1. The van der Waals surface area contributed by atoms with E-state index in [1.54, 1.807) is 18.4 Å². The Balaban J connectivity index is 2.14. The molecule has 0 fully saturated rings. The van der Waals surface area contributed by atoms with Crippen LogP contribution in [0, 0.1) is 5.82 Å². The maximum atomic E-state index is 13.2. The van der Waals surface area contributed by atoms with E-state index in [2.05, 4.69) is 0 Å². The van der Waals surface area contributed by atoms with Crippen molar-refractivity contribution in [1.29, 1.82) is 0 Å². The Labute approximate surface area is 97.3 Å². The van der Waals surface area contributed by atoms with E-state index in [0.29, 0.717) is 12.0 Å². The van der Waals surface area contributed by atoms with Crippen LogP contribution in [0.1, 0.15) is 17.2 Å². The van der Waals surface area contributed by atoms with Crippen LogP contribution in [-0.4, -0.2) is 5.11 Å². The third-order valence-corrected chi connectivity index (χ3v) is 2.64. The lowest BCUT2D eigenvalue weighted by Crippen LogP contribution is -2.01. The van der Waals surface area contributed by atoms with Crippen LogP contribution in [0.3, 0.4) is 0 Å². The standard InChI is InChI=1S/C12H10ClFO2/c13-10-2-1-9(6-11(10)14)12(15)5-8-3-4-16-7-8/h1-4,6-7,12,15H,5H2. The summed E-state index contributed by atoms with van der Waals surface area (Å²) in [5, 5.41) is 9.91. The van der Waals surface area contributed by atoms with E-state index in [0.717, 1.165) is 5.56 Å². The molecule has 2 nitrogen and oxygen atoms in total. The molecule has 1 heterocycles. The summed E-state index contributed by atoms with van der Waals surface area (Å²) in [6, 6.07) is 6.05. The van der Waals surface area contributed by atoms with Crippen molar-refractivity contribution in [3.05, 3.63) is 58.8 Å². The number of hydrogen-bond donors (Lipinski definition) is 1. The van der Waals surface area contributed by atoms with Gasteiger partial charge < -0.3 is 9.52 Å². The van der Waals surface area contributed by atoms with E-state index >= 15 is 0 Å². The molecule has 0 amide bonds. The second-order valence-electron chi connectivity index (χ2n) is 3.53. The first-order chi connectivity index (χ1) is 7.66. The molecule has 0 aliphatic heterocycles. The molecular formula is C12H10ClFO2. The number of hydrogen-bond acceptors (Lipinski definition) is 2. The molecule has 1 aromatic heterocycles. The van der Waals surface area contributed by atoms with Crippen molar-refractivity contribution in [2.45, 2.75) is 12.5 Å². The summed E-state index contributed by atoms with van der Waals surface area (Å²) < 4.78 is 18.0. The average molecular weight is 241 g/mol. The minimum absolute atomic E-state index is 0.0549. The van der Waals surface area contributed by atoms with Crippen LogP contribution in [0.25, 0.3) is 0 Å². The molecule has 1 aromatic carbocycles. The minimum Gasteiger partial charge on any atom is -0.472 e. The monoisotopic (exact) mass is 240 g/mol. The lowest BCUT2D eigenvalue weighted by atomic mass is 10.0. The van der Waals surface area contributed by atoms with Crippen molar-refractivity contribution in [2.75, 3.05) is 0 Å². The average Bonchev–Trinajstić information content (AvgIpc) is 2.74. The normalized spacial score (nSPS) is 12.7. The van der Waals surface area contributed by atoms with Crippen LogP contribution in [-0.2, 0) is 6.42 Å². The molecular weight excluding hydrogens is 231 g/mol. The number of aliphatic hydroxyl groups is 1. The summed E-state index contributed by atoms with van der Waals surface area (Å²) in [5.74, 6) is -0.523. The van der Waals surface area contributed by atoms with E-state index in [1.165, 1.54) is 18.4 Å². The predicted molar refractivity (Wildman–Crippen MR) is 58.8 cm³/mol. The first kappa shape index (κ1) is 11.2. The fraction of sp³-hybridized carbons (Fsp3) is 0.167. The van der Waals surface area contributed by atoms with Gasteiger partial charge in [-0.15, -0.1) is 0 Å². The molecule has 84 valence electrons. The van der Waals surface area contributed by atoms with Crippen molar-refractivity contribution in [2.24, 2.45) is 0 Å². The second-order valence-corrected chi connectivity index (χ2v) is 3.93. The molecule has 1 N–H and O–H groups in total. The first-order valence-corrected chi connectivity index (χ1v) is 5.18. The van der Waals surface area contributed by atoms with Gasteiger partial charge in [0.1, 0.15) is 5.82 Å². The fourth-order valence-electron chi connectivity index (χ4n) is 1.47. The van der Waals surface area contributed by atoms with Crippen LogP contribution in [0.5, 0.6) is 0 Å². The Bertz CT molecular complexity index is 468. The smallest absolute Gasteiger partial charge is 0.142 e. The van der Waals surface area contributed by atoms with Gasteiger partial charge in [-0.25, -0.2) is 4.39 Å². The van der Waals surface area contributed by atoms with E-state index < -0.39 is 11.9 Å². The highest BCUT2D eigenvalue weighted by Gasteiger charge is 2.11. The zero-order valence-corrected chi connectivity index (χ0v) is 9.12. The maximum Gasteiger partial charge on any atom is 0.142 e. The topological polar surface area (TPSA) is 33.4 Å². The Hall–Kier alpha value is -1.32. The Morgan fingerprint density at radius 1 is 1.38 bits per heavy atom. The SMILES string of the molecule is OC(Cc1ccoc1)c1ccc(Cl)c(F)c1. The second kappa shape index (κ2) is 4.68. The first-order valence-electron chi connectivity index (χ1n) is 4.81. The molecule has 0 aliphatic rings. The van der Waals surface area contributed by atoms with Gasteiger partial charge >= 0.3 is 0 Å². The third-order valence-electron chi connectivity index (χ3n) is 2.34. The van der Waals surface area contributed by atoms with Crippen molar-refractivity contribution < 1.29 is 13.9 Å². The van der Waals surface area contributed by atoms with Gasteiger partial charge in [0.15, 0.2) is 0 Å². The molecule has 0 saturated heterocycles. The quantitative estimate of drug-likeness (QED) is 0.893. The van der Waals surface area contributed by atoms with E-state index in [-0.39, 0.29) is 5.02 Å². The van der Waals surface area contributed by atoms with Gasteiger partial charge in [0.2, 0.25) is 0 Å². The van der Waals surface area contributed by atoms with Crippen LogP contribution in [0.2, 0.25) is 5.02 Å². The van der Waals surface area contributed by atoms with Gasteiger partial charge in [0.25, 0.3) is 0 Å². The van der Waals surface area contributed by atoms with Gasteiger partial charge in [-0.2, -0.15) is 0 Å². The summed E-state index contributed by atoms with van der Waals surface area (Å²) >= 11 is 5.56. The summed E-state index contributed by atoms with van der Waals surface area (Å²) in [7, 11) is 0. The Morgan fingerprint density at radius 3 is 2.81 bits per heavy atom. The molecule has 2 aromatic rings. The van der Waals surface area contributed by atoms with Gasteiger partial charge in [0, 0.05) is 6.42 Å². The summed E-state index contributed by atoms with van der Waals surface area (Å²) in [4.78, 5) is 0. The zero-order chi connectivity index (χ0) is 11.5.